The predicted molar refractivity (Wildman–Crippen MR) is 128 cm³/mol. The third kappa shape index (κ3) is 5.54. The average molecular weight is 526 g/mol. The number of nitrogens with one attached hydrogen (secondary N) is 1. The molecule has 0 spiro atoms. The molecule has 0 bridgehead atoms. The van der Waals surface area contributed by atoms with Crippen molar-refractivity contribution < 1.29 is 32.7 Å². The van der Waals surface area contributed by atoms with E-state index in [0.29, 0.717) is 6.08 Å². The van der Waals surface area contributed by atoms with Gasteiger partial charge >= 0.3 is 12.2 Å². The smallest absolute Gasteiger partial charge is 0.375 e. The van der Waals surface area contributed by atoms with Crippen molar-refractivity contribution in [1.82, 2.24) is 5.32 Å². The molecule has 12 heteroatoms. The SMILES string of the molecule is NC(=O)NC(=S)C1=CC(O)(C(F)(F)F)C(Cl)(CON(C(=O)c2ccccc2)c2ccccc2)C=C1. The standard InChI is InChI=1S/C23H19ClF3N3O4S/c24-21(12-11-16(18(35)29-20(28)32)13-22(21,33)23(25,26)27)14-34-30(17-9-5-2-6-10-17)19(31)15-7-3-1-4-8-15/h1-13,33H,14H2,(H3,28,29,32,35). The fourth-order valence-electron chi connectivity index (χ4n) is 3.21. The van der Waals surface area contributed by atoms with Crippen LogP contribution in [0, 0.1) is 0 Å². The lowest BCUT2D eigenvalue weighted by Crippen LogP contribution is -2.62. The lowest BCUT2D eigenvalue weighted by atomic mass is 9.80. The summed E-state index contributed by atoms with van der Waals surface area (Å²) in [4.78, 5) is 26.6. The minimum Gasteiger partial charge on any atom is -0.375 e. The van der Waals surface area contributed by atoms with E-state index in [1.54, 1.807) is 36.4 Å². The van der Waals surface area contributed by atoms with E-state index in [9.17, 15) is 27.9 Å². The Balaban J connectivity index is 1.96. The number of nitrogens with two attached hydrogens (primary N) is 1. The predicted octanol–water partition coefficient (Wildman–Crippen LogP) is 4.03. The number of primary amides is 1. The average Bonchev–Trinajstić information content (AvgIpc) is 2.81. The Bertz CT molecular complexity index is 1180. The molecule has 0 saturated heterocycles. The van der Waals surface area contributed by atoms with Crippen LogP contribution in [0.1, 0.15) is 10.4 Å². The van der Waals surface area contributed by atoms with Gasteiger partial charge in [0.1, 0.15) is 16.5 Å². The quantitative estimate of drug-likeness (QED) is 0.300. The number of rotatable bonds is 6. The molecule has 4 N–H and O–H groups in total. The van der Waals surface area contributed by atoms with Crippen LogP contribution in [0.3, 0.4) is 0 Å². The van der Waals surface area contributed by atoms with Crippen LogP contribution in [0.15, 0.2) is 84.5 Å². The monoisotopic (exact) mass is 525 g/mol. The van der Waals surface area contributed by atoms with E-state index in [0.717, 1.165) is 17.2 Å². The van der Waals surface area contributed by atoms with Gasteiger partial charge in [0.25, 0.3) is 5.91 Å². The Kier molecular flexibility index (Phi) is 7.65. The van der Waals surface area contributed by atoms with E-state index in [-0.39, 0.29) is 16.8 Å². The van der Waals surface area contributed by atoms with E-state index in [1.807, 2.05) is 5.32 Å². The van der Waals surface area contributed by atoms with Gasteiger partial charge in [0, 0.05) is 11.1 Å². The second kappa shape index (κ2) is 10.2. The number of amides is 3. The molecule has 2 atom stereocenters. The number of carbonyl (C=O) groups is 2. The second-order valence-electron chi connectivity index (χ2n) is 7.45. The van der Waals surface area contributed by atoms with Gasteiger partial charge in [-0.1, -0.05) is 60.8 Å². The zero-order valence-corrected chi connectivity index (χ0v) is 19.4. The minimum atomic E-state index is -5.29. The summed E-state index contributed by atoms with van der Waals surface area (Å²) < 4.78 is 42.3. The molecule has 184 valence electrons. The van der Waals surface area contributed by atoms with Crippen molar-refractivity contribution in [3.05, 3.63) is 90.0 Å². The number of hydrogen-bond donors (Lipinski definition) is 3. The van der Waals surface area contributed by atoms with Crippen molar-refractivity contribution in [2.24, 2.45) is 5.73 Å². The lowest BCUT2D eigenvalue weighted by molar-refractivity contribution is -0.252. The molecular weight excluding hydrogens is 507 g/mol. The molecule has 2 unspecified atom stereocenters. The van der Waals surface area contributed by atoms with Crippen LogP contribution < -0.4 is 16.1 Å². The number of para-hydroxylation sites is 1. The summed E-state index contributed by atoms with van der Waals surface area (Å²) >= 11 is 11.2. The first kappa shape index (κ1) is 26.4. The highest BCUT2D eigenvalue weighted by molar-refractivity contribution is 7.80. The number of halogens is 4. The van der Waals surface area contributed by atoms with Crippen molar-refractivity contribution in [3.8, 4) is 0 Å². The van der Waals surface area contributed by atoms with Crippen LogP contribution in [0.2, 0.25) is 0 Å². The summed E-state index contributed by atoms with van der Waals surface area (Å²) in [5.74, 6) is -0.671. The summed E-state index contributed by atoms with van der Waals surface area (Å²) in [5.41, 5.74) is 1.36. The highest BCUT2D eigenvalue weighted by Crippen LogP contribution is 2.47. The van der Waals surface area contributed by atoms with Crippen LogP contribution in [-0.4, -0.2) is 45.3 Å². The molecule has 0 fully saturated rings. The van der Waals surface area contributed by atoms with E-state index in [2.05, 4.69) is 0 Å². The molecule has 3 amide bonds. The number of thiocarbonyl (C=S) groups is 1. The molecule has 0 heterocycles. The van der Waals surface area contributed by atoms with Gasteiger partial charge in [-0.05, 0) is 30.3 Å². The molecule has 35 heavy (non-hydrogen) atoms. The van der Waals surface area contributed by atoms with Gasteiger partial charge in [-0.3, -0.25) is 14.9 Å². The molecule has 3 rings (SSSR count). The second-order valence-corrected chi connectivity index (χ2v) is 8.54. The topological polar surface area (TPSA) is 105 Å². The normalized spacial score (nSPS) is 21.7. The highest BCUT2D eigenvalue weighted by Gasteiger charge is 2.65. The summed E-state index contributed by atoms with van der Waals surface area (Å²) in [6, 6.07) is 14.8. The maximum atomic E-state index is 14.1. The van der Waals surface area contributed by atoms with Gasteiger partial charge < -0.3 is 10.8 Å². The van der Waals surface area contributed by atoms with Gasteiger partial charge in [-0.25, -0.2) is 4.79 Å². The third-order valence-corrected chi connectivity index (χ3v) is 5.92. The van der Waals surface area contributed by atoms with Crippen LogP contribution in [0.4, 0.5) is 23.7 Å². The van der Waals surface area contributed by atoms with Crippen molar-refractivity contribution in [2.75, 3.05) is 11.7 Å². The number of alkyl halides is 4. The van der Waals surface area contributed by atoms with Crippen LogP contribution in [0.25, 0.3) is 0 Å². The lowest BCUT2D eigenvalue weighted by Gasteiger charge is -2.42. The molecule has 0 aliphatic heterocycles. The highest BCUT2D eigenvalue weighted by atomic mass is 35.5. The molecular formula is C23H19ClF3N3O4S. The largest absolute Gasteiger partial charge is 0.423 e. The fourth-order valence-corrected chi connectivity index (χ4v) is 3.71. The Morgan fingerprint density at radius 1 is 1.11 bits per heavy atom. The van der Waals surface area contributed by atoms with Crippen LogP contribution in [0.5, 0.6) is 0 Å². The van der Waals surface area contributed by atoms with Gasteiger partial charge in [-0.2, -0.15) is 18.2 Å². The maximum absolute atomic E-state index is 14.1. The zero-order chi connectivity index (χ0) is 25.9. The first-order valence-electron chi connectivity index (χ1n) is 9.96. The third-order valence-electron chi connectivity index (χ3n) is 5.06. The van der Waals surface area contributed by atoms with Crippen molar-refractivity contribution >= 4 is 46.4 Å². The minimum absolute atomic E-state index is 0.204. The van der Waals surface area contributed by atoms with Gasteiger partial charge in [0.15, 0.2) is 0 Å². The van der Waals surface area contributed by atoms with E-state index >= 15 is 0 Å². The molecule has 7 nitrogen and oxygen atoms in total. The first-order valence-corrected chi connectivity index (χ1v) is 10.7. The molecule has 0 aromatic heterocycles. The molecule has 0 saturated carbocycles. The number of urea groups is 1. The van der Waals surface area contributed by atoms with Gasteiger partial charge in [-0.15, -0.1) is 11.6 Å². The van der Waals surface area contributed by atoms with Gasteiger partial charge in [0.2, 0.25) is 5.60 Å². The number of aliphatic hydroxyl groups is 1. The van der Waals surface area contributed by atoms with E-state index in [1.165, 1.54) is 24.3 Å². The summed E-state index contributed by atoms with van der Waals surface area (Å²) in [5, 5.41) is 13.5. The maximum Gasteiger partial charge on any atom is 0.423 e. The number of benzene rings is 2. The zero-order valence-electron chi connectivity index (χ0n) is 17.8. The summed E-state index contributed by atoms with van der Waals surface area (Å²) in [7, 11) is 0. The number of hydroxylamine groups is 1. The fraction of sp³-hybridized carbons (Fsp3) is 0.174. The number of nitrogens with zero attached hydrogens (tertiary/aromatic N) is 1. The molecule has 1 aliphatic rings. The van der Waals surface area contributed by atoms with Crippen molar-refractivity contribution in [3.63, 3.8) is 0 Å². The van der Waals surface area contributed by atoms with Crippen LogP contribution in [-0.2, 0) is 4.84 Å². The molecule has 2 aromatic carbocycles. The van der Waals surface area contributed by atoms with Crippen molar-refractivity contribution in [2.45, 2.75) is 16.7 Å². The van der Waals surface area contributed by atoms with Crippen LogP contribution >= 0.6 is 23.8 Å². The number of carbonyl (C=O) groups excluding carboxylic acids is 2. The Labute approximate surface area is 208 Å². The van der Waals surface area contributed by atoms with Gasteiger partial charge in [0.05, 0.1) is 5.69 Å². The van der Waals surface area contributed by atoms with E-state index in [4.69, 9.17) is 34.4 Å². The number of hydrogen-bond acceptors (Lipinski definition) is 5. The molecule has 0 radical (unpaired) electrons. The summed E-state index contributed by atoms with van der Waals surface area (Å²) in [6.45, 7) is -0.978. The summed E-state index contributed by atoms with van der Waals surface area (Å²) in [6.07, 6.45) is -3.01. The molecule has 1 aliphatic carbocycles. The molecule has 2 aromatic rings. The first-order chi connectivity index (χ1) is 16.4. The number of anilines is 1. The Morgan fingerprint density at radius 3 is 2.23 bits per heavy atom. The Morgan fingerprint density at radius 2 is 1.69 bits per heavy atom. The van der Waals surface area contributed by atoms with E-state index < -0.39 is 40.2 Å². The Hall–Kier alpha value is -3.25. The van der Waals surface area contributed by atoms with Crippen molar-refractivity contribution in [1.29, 1.82) is 0 Å².